The van der Waals surface area contributed by atoms with Crippen molar-refractivity contribution in [1.29, 1.82) is 0 Å². The predicted molar refractivity (Wildman–Crippen MR) is 210 cm³/mol. The second kappa shape index (κ2) is 9.43. The fraction of sp³-hybridized carbons (Fsp3) is 0.125. The Labute approximate surface area is 291 Å². The molecule has 0 amide bonds. The number of rotatable bonds is 2. The summed E-state index contributed by atoms with van der Waals surface area (Å²) in [7, 11) is 0. The third-order valence-corrected chi connectivity index (χ3v) is 12.1. The minimum atomic E-state index is -0.135. The number of hydrogen-bond donors (Lipinski definition) is 0. The summed E-state index contributed by atoms with van der Waals surface area (Å²) in [5, 5.41) is 5.18. The topological polar surface area (TPSA) is 9.86 Å². The molecule has 0 spiro atoms. The minimum Gasteiger partial charge on any atom is -0.309 e. The quantitative estimate of drug-likeness (QED) is 0.178. The molecule has 0 fully saturated rings. The summed E-state index contributed by atoms with van der Waals surface area (Å²) >= 11 is 0. The SMILES string of the molecule is CC1(C)c2cc(-n3c4ccccc4c4ccccc43)ccc2-c2c1ccc1c2-c2ccc(-n3c4ccccc4c4ccccc43)cc2C1(C)C. The molecule has 2 aliphatic carbocycles. The van der Waals surface area contributed by atoms with Gasteiger partial charge in [-0.2, -0.15) is 0 Å². The number of nitrogens with zero attached hydrogens (tertiary/aromatic N) is 2. The Morgan fingerprint density at radius 1 is 0.340 bits per heavy atom. The van der Waals surface area contributed by atoms with Crippen LogP contribution in [0.1, 0.15) is 49.9 Å². The number of aromatic nitrogens is 2. The Hall–Kier alpha value is -5.86. The van der Waals surface area contributed by atoms with Gasteiger partial charge in [0.15, 0.2) is 0 Å². The molecular weight excluding hydrogens is 605 g/mol. The summed E-state index contributed by atoms with van der Waals surface area (Å²) in [5.41, 5.74) is 18.3. The molecule has 0 atom stereocenters. The van der Waals surface area contributed by atoms with E-state index < -0.39 is 0 Å². The lowest BCUT2D eigenvalue weighted by molar-refractivity contribution is 0.650. The maximum absolute atomic E-state index is 2.47. The van der Waals surface area contributed by atoms with E-state index in [2.05, 4.69) is 182 Å². The van der Waals surface area contributed by atoms with Crippen molar-refractivity contribution in [3.05, 3.63) is 168 Å². The van der Waals surface area contributed by atoms with Gasteiger partial charge in [-0.15, -0.1) is 0 Å². The Balaban J connectivity index is 1.12. The average Bonchev–Trinajstić information content (AvgIpc) is 3.80. The summed E-state index contributed by atoms with van der Waals surface area (Å²) in [6.45, 7) is 9.64. The molecule has 0 aliphatic heterocycles. The van der Waals surface area contributed by atoms with Gasteiger partial charge >= 0.3 is 0 Å². The maximum atomic E-state index is 2.47. The average molecular weight is 641 g/mol. The molecule has 2 heteroatoms. The summed E-state index contributed by atoms with van der Waals surface area (Å²) in [4.78, 5) is 0. The van der Waals surface area contributed by atoms with Crippen LogP contribution >= 0.6 is 0 Å². The highest BCUT2D eigenvalue weighted by Gasteiger charge is 2.44. The lowest BCUT2D eigenvalue weighted by Crippen LogP contribution is -2.17. The van der Waals surface area contributed by atoms with Crippen LogP contribution in [0, 0.1) is 0 Å². The highest BCUT2D eigenvalue weighted by atomic mass is 15.0. The number of fused-ring (bicyclic) bond motifs is 13. The molecule has 0 saturated carbocycles. The second-order valence-corrected chi connectivity index (χ2v) is 15.4. The van der Waals surface area contributed by atoms with Gasteiger partial charge in [-0.1, -0.05) is 125 Å². The third kappa shape index (κ3) is 3.39. The Bertz CT molecular complexity index is 2620. The van der Waals surface area contributed by atoms with Crippen molar-refractivity contribution in [2.24, 2.45) is 0 Å². The maximum Gasteiger partial charge on any atom is 0.0541 e. The number of para-hydroxylation sites is 4. The third-order valence-electron chi connectivity index (χ3n) is 12.1. The van der Waals surface area contributed by atoms with E-state index in [4.69, 9.17) is 0 Å². The van der Waals surface area contributed by atoms with Gasteiger partial charge < -0.3 is 9.13 Å². The molecular formula is C48H36N2. The zero-order valence-electron chi connectivity index (χ0n) is 28.8. The fourth-order valence-electron chi connectivity index (χ4n) is 9.71. The van der Waals surface area contributed by atoms with E-state index in [1.54, 1.807) is 0 Å². The number of hydrogen-bond acceptors (Lipinski definition) is 0. The predicted octanol–water partition coefficient (Wildman–Crippen LogP) is 12.5. The lowest BCUT2D eigenvalue weighted by Gasteiger charge is -2.24. The first-order valence-corrected chi connectivity index (χ1v) is 17.8. The lowest BCUT2D eigenvalue weighted by atomic mass is 9.79. The summed E-state index contributed by atoms with van der Waals surface area (Å²) in [6.07, 6.45) is 0. The monoisotopic (exact) mass is 640 g/mol. The van der Waals surface area contributed by atoms with Crippen LogP contribution in [0.5, 0.6) is 0 Å². The van der Waals surface area contributed by atoms with Crippen LogP contribution in [0.4, 0.5) is 0 Å². The standard InChI is InChI=1S/C48H36N2/c1-47(2)37-25-26-38-46(45(37)35-23-21-29(27-39(35)47)49-41-17-9-5-13-31(41)32-14-6-10-18-42(32)49)36-24-22-30(28-40(36)48(38,3)4)50-43-19-11-7-15-33(43)34-16-8-12-20-44(34)50/h5-28H,1-4H3. The van der Waals surface area contributed by atoms with E-state index in [1.807, 2.05) is 0 Å². The van der Waals surface area contributed by atoms with Gasteiger partial charge in [-0.25, -0.2) is 0 Å². The van der Waals surface area contributed by atoms with Crippen molar-refractivity contribution >= 4 is 43.6 Å². The zero-order chi connectivity index (χ0) is 33.5. The van der Waals surface area contributed by atoms with Gasteiger partial charge in [-0.3, -0.25) is 0 Å². The smallest absolute Gasteiger partial charge is 0.0541 e. The number of benzene rings is 7. The van der Waals surface area contributed by atoms with Crippen molar-refractivity contribution in [2.75, 3.05) is 0 Å². The van der Waals surface area contributed by atoms with Crippen LogP contribution in [0.3, 0.4) is 0 Å². The molecule has 0 saturated heterocycles. The molecule has 2 nitrogen and oxygen atoms in total. The fourth-order valence-corrected chi connectivity index (χ4v) is 9.71. The van der Waals surface area contributed by atoms with Gasteiger partial charge in [-0.05, 0) is 93.0 Å². The van der Waals surface area contributed by atoms with E-state index >= 15 is 0 Å². The molecule has 2 heterocycles. The first-order chi connectivity index (χ1) is 24.3. The summed E-state index contributed by atoms with van der Waals surface area (Å²) in [6, 6.07) is 54.5. The van der Waals surface area contributed by atoms with E-state index in [9.17, 15) is 0 Å². The molecule has 2 aliphatic rings. The largest absolute Gasteiger partial charge is 0.309 e. The summed E-state index contributed by atoms with van der Waals surface area (Å²) in [5.74, 6) is 0. The van der Waals surface area contributed by atoms with Crippen molar-refractivity contribution < 1.29 is 0 Å². The molecule has 0 radical (unpaired) electrons. The van der Waals surface area contributed by atoms with Gasteiger partial charge in [0.25, 0.3) is 0 Å². The molecule has 238 valence electrons. The van der Waals surface area contributed by atoms with Crippen molar-refractivity contribution in [2.45, 2.75) is 38.5 Å². The van der Waals surface area contributed by atoms with Crippen LogP contribution in [0.25, 0.3) is 77.2 Å². The first-order valence-electron chi connectivity index (χ1n) is 17.8. The van der Waals surface area contributed by atoms with Gasteiger partial charge in [0.2, 0.25) is 0 Å². The van der Waals surface area contributed by atoms with Gasteiger partial charge in [0.05, 0.1) is 22.1 Å². The molecule has 50 heavy (non-hydrogen) atoms. The molecule has 0 unspecified atom stereocenters. The molecule has 0 N–H and O–H groups in total. The zero-order valence-corrected chi connectivity index (χ0v) is 28.8. The first kappa shape index (κ1) is 28.0. The van der Waals surface area contributed by atoms with Crippen LogP contribution in [0.2, 0.25) is 0 Å². The highest BCUT2D eigenvalue weighted by Crippen LogP contribution is 2.59. The normalized spacial score (nSPS) is 15.1. The van der Waals surface area contributed by atoms with E-state index in [0.29, 0.717) is 0 Å². The Morgan fingerprint density at radius 3 is 1.00 bits per heavy atom. The van der Waals surface area contributed by atoms with E-state index in [-0.39, 0.29) is 10.8 Å². The molecule has 7 aromatic carbocycles. The minimum absolute atomic E-state index is 0.135. The van der Waals surface area contributed by atoms with Crippen LogP contribution < -0.4 is 0 Å². The van der Waals surface area contributed by atoms with Gasteiger partial charge in [0, 0.05) is 43.7 Å². The van der Waals surface area contributed by atoms with Crippen LogP contribution in [-0.4, -0.2) is 9.13 Å². The van der Waals surface area contributed by atoms with Crippen molar-refractivity contribution in [3.63, 3.8) is 0 Å². The van der Waals surface area contributed by atoms with E-state index in [0.717, 1.165) is 0 Å². The van der Waals surface area contributed by atoms with Crippen molar-refractivity contribution in [3.8, 4) is 33.6 Å². The molecule has 11 rings (SSSR count). The second-order valence-electron chi connectivity index (χ2n) is 15.4. The van der Waals surface area contributed by atoms with E-state index in [1.165, 1.54) is 99.5 Å². The summed E-state index contributed by atoms with van der Waals surface area (Å²) < 4.78 is 4.89. The molecule has 2 aromatic heterocycles. The van der Waals surface area contributed by atoms with Gasteiger partial charge in [0.1, 0.15) is 0 Å². The van der Waals surface area contributed by atoms with Crippen LogP contribution in [-0.2, 0) is 10.8 Å². The van der Waals surface area contributed by atoms with Crippen LogP contribution in [0.15, 0.2) is 146 Å². The molecule has 9 aromatic rings. The Kier molecular flexibility index (Phi) is 5.28. The van der Waals surface area contributed by atoms with Crippen molar-refractivity contribution in [1.82, 2.24) is 9.13 Å². The Morgan fingerprint density at radius 2 is 0.660 bits per heavy atom. The molecule has 0 bridgehead atoms. The highest BCUT2D eigenvalue weighted by molar-refractivity contribution is 6.10.